The molecular formula is C13H20FNO. The summed E-state index contributed by atoms with van der Waals surface area (Å²) in [5, 5.41) is 3.34. The molecule has 0 saturated carbocycles. The van der Waals surface area contributed by atoms with E-state index in [2.05, 4.69) is 19.2 Å². The maximum atomic E-state index is 11.8. The van der Waals surface area contributed by atoms with Gasteiger partial charge in [-0.1, -0.05) is 26.0 Å². The zero-order chi connectivity index (χ0) is 11.8. The van der Waals surface area contributed by atoms with Gasteiger partial charge in [-0.3, -0.25) is 4.39 Å². The number of ether oxygens (including phenoxy) is 1. The minimum absolute atomic E-state index is 0.323. The smallest absolute Gasteiger partial charge is 0.119 e. The zero-order valence-corrected chi connectivity index (χ0v) is 10.0. The van der Waals surface area contributed by atoms with E-state index in [-0.39, 0.29) is 6.67 Å². The standard InChI is InChI=1S/C13H20FNO/c1-11(2)15-10-12-4-6-13(7-5-12)16-9-3-8-14/h4-7,11,15H,3,8-10H2,1-2H3. The molecule has 0 aliphatic carbocycles. The van der Waals surface area contributed by atoms with Crippen LogP contribution in [0.3, 0.4) is 0 Å². The van der Waals surface area contributed by atoms with Crippen LogP contribution in [-0.4, -0.2) is 19.3 Å². The van der Waals surface area contributed by atoms with Crippen molar-refractivity contribution in [1.82, 2.24) is 5.32 Å². The quantitative estimate of drug-likeness (QED) is 0.720. The van der Waals surface area contributed by atoms with Gasteiger partial charge >= 0.3 is 0 Å². The van der Waals surface area contributed by atoms with E-state index in [4.69, 9.17) is 4.74 Å². The van der Waals surface area contributed by atoms with E-state index < -0.39 is 0 Å². The molecular weight excluding hydrogens is 205 g/mol. The van der Waals surface area contributed by atoms with Crippen LogP contribution in [0.4, 0.5) is 4.39 Å². The minimum Gasteiger partial charge on any atom is -0.494 e. The van der Waals surface area contributed by atoms with Crippen LogP contribution >= 0.6 is 0 Å². The molecule has 90 valence electrons. The van der Waals surface area contributed by atoms with Crippen LogP contribution in [0.1, 0.15) is 25.8 Å². The molecule has 0 atom stereocenters. The van der Waals surface area contributed by atoms with E-state index in [0.29, 0.717) is 19.1 Å². The lowest BCUT2D eigenvalue weighted by Crippen LogP contribution is -2.21. The summed E-state index contributed by atoms with van der Waals surface area (Å²) in [6.07, 6.45) is 0.455. The molecule has 0 amide bonds. The average Bonchev–Trinajstić information content (AvgIpc) is 2.28. The van der Waals surface area contributed by atoms with Crippen LogP contribution in [-0.2, 0) is 6.54 Å². The first-order valence-corrected chi connectivity index (χ1v) is 5.73. The third-order valence-electron chi connectivity index (χ3n) is 2.18. The molecule has 0 unspecified atom stereocenters. The van der Waals surface area contributed by atoms with Gasteiger partial charge in [-0.25, -0.2) is 0 Å². The van der Waals surface area contributed by atoms with E-state index in [1.165, 1.54) is 5.56 Å². The number of hydrogen-bond acceptors (Lipinski definition) is 2. The van der Waals surface area contributed by atoms with Gasteiger partial charge in [0.05, 0.1) is 13.3 Å². The van der Waals surface area contributed by atoms with E-state index in [1.807, 2.05) is 24.3 Å². The number of alkyl halides is 1. The van der Waals surface area contributed by atoms with Gasteiger partial charge < -0.3 is 10.1 Å². The highest BCUT2D eigenvalue weighted by atomic mass is 19.1. The molecule has 0 radical (unpaired) electrons. The molecule has 16 heavy (non-hydrogen) atoms. The molecule has 0 aliphatic heterocycles. The fourth-order valence-corrected chi connectivity index (χ4v) is 1.27. The Kier molecular flexibility index (Phi) is 5.86. The summed E-state index contributed by atoms with van der Waals surface area (Å²) < 4.78 is 17.2. The molecule has 0 aromatic heterocycles. The summed E-state index contributed by atoms with van der Waals surface area (Å²) in [5.74, 6) is 0.807. The Morgan fingerprint density at radius 3 is 2.50 bits per heavy atom. The van der Waals surface area contributed by atoms with E-state index in [9.17, 15) is 4.39 Å². The zero-order valence-electron chi connectivity index (χ0n) is 10.0. The Balaban J connectivity index is 2.35. The third kappa shape index (κ3) is 5.12. The summed E-state index contributed by atoms with van der Waals surface area (Å²) in [7, 11) is 0. The second-order valence-electron chi connectivity index (χ2n) is 4.07. The predicted molar refractivity (Wildman–Crippen MR) is 64.5 cm³/mol. The van der Waals surface area contributed by atoms with E-state index in [1.54, 1.807) is 0 Å². The highest BCUT2D eigenvalue weighted by Crippen LogP contribution is 2.12. The lowest BCUT2D eigenvalue weighted by Gasteiger charge is -2.09. The molecule has 2 nitrogen and oxygen atoms in total. The monoisotopic (exact) mass is 225 g/mol. The van der Waals surface area contributed by atoms with Crippen molar-refractivity contribution >= 4 is 0 Å². The molecule has 3 heteroatoms. The van der Waals surface area contributed by atoms with Gasteiger partial charge in [-0.05, 0) is 17.7 Å². The van der Waals surface area contributed by atoms with Gasteiger partial charge in [-0.2, -0.15) is 0 Å². The molecule has 0 aliphatic rings. The van der Waals surface area contributed by atoms with Crippen molar-refractivity contribution in [3.8, 4) is 5.75 Å². The Morgan fingerprint density at radius 2 is 1.94 bits per heavy atom. The van der Waals surface area contributed by atoms with Crippen molar-refractivity contribution in [3.05, 3.63) is 29.8 Å². The van der Waals surface area contributed by atoms with E-state index >= 15 is 0 Å². The molecule has 1 rings (SSSR count). The fourth-order valence-electron chi connectivity index (χ4n) is 1.27. The number of nitrogens with one attached hydrogen (secondary N) is 1. The molecule has 0 heterocycles. The second kappa shape index (κ2) is 7.23. The van der Waals surface area contributed by atoms with Crippen molar-refractivity contribution in [2.24, 2.45) is 0 Å². The molecule has 0 fully saturated rings. The van der Waals surface area contributed by atoms with Crippen LogP contribution in [0.15, 0.2) is 24.3 Å². The molecule has 0 bridgehead atoms. The number of halogens is 1. The summed E-state index contributed by atoms with van der Waals surface area (Å²) in [6, 6.07) is 8.39. The van der Waals surface area contributed by atoms with Crippen molar-refractivity contribution in [2.45, 2.75) is 32.9 Å². The average molecular weight is 225 g/mol. The summed E-state index contributed by atoms with van der Waals surface area (Å²) in [6.45, 7) is 5.22. The van der Waals surface area contributed by atoms with Crippen molar-refractivity contribution < 1.29 is 9.13 Å². The van der Waals surface area contributed by atoms with Gasteiger partial charge in [0.15, 0.2) is 0 Å². The number of rotatable bonds is 7. The first-order valence-electron chi connectivity index (χ1n) is 5.73. The molecule has 1 N–H and O–H groups in total. The largest absolute Gasteiger partial charge is 0.494 e. The fraction of sp³-hybridized carbons (Fsp3) is 0.538. The Bertz CT molecular complexity index is 284. The maximum absolute atomic E-state index is 11.8. The highest BCUT2D eigenvalue weighted by Gasteiger charge is 1.97. The minimum atomic E-state index is -0.323. The van der Waals surface area contributed by atoms with Gasteiger partial charge in [0.2, 0.25) is 0 Å². The van der Waals surface area contributed by atoms with Gasteiger partial charge in [-0.15, -0.1) is 0 Å². The molecule has 1 aromatic rings. The Morgan fingerprint density at radius 1 is 1.25 bits per heavy atom. The topological polar surface area (TPSA) is 21.3 Å². The Labute approximate surface area is 96.8 Å². The van der Waals surface area contributed by atoms with Crippen molar-refractivity contribution in [1.29, 1.82) is 0 Å². The SMILES string of the molecule is CC(C)NCc1ccc(OCCCF)cc1. The first-order chi connectivity index (χ1) is 7.72. The molecule has 0 spiro atoms. The van der Waals surface area contributed by atoms with Crippen LogP contribution in [0.2, 0.25) is 0 Å². The highest BCUT2D eigenvalue weighted by molar-refractivity contribution is 5.27. The second-order valence-corrected chi connectivity index (χ2v) is 4.07. The normalized spacial score (nSPS) is 10.8. The number of hydrogen-bond donors (Lipinski definition) is 1. The van der Waals surface area contributed by atoms with Gasteiger partial charge in [0.1, 0.15) is 5.75 Å². The lowest BCUT2D eigenvalue weighted by atomic mass is 10.2. The predicted octanol–water partition coefficient (Wildman–Crippen LogP) is 2.92. The van der Waals surface area contributed by atoms with E-state index in [0.717, 1.165) is 12.3 Å². The third-order valence-corrected chi connectivity index (χ3v) is 2.18. The number of benzene rings is 1. The van der Waals surface area contributed by atoms with Crippen LogP contribution < -0.4 is 10.1 Å². The summed E-state index contributed by atoms with van der Waals surface area (Å²) in [5.41, 5.74) is 1.23. The van der Waals surface area contributed by atoms with Crippen molar-refractivity contribution in [3.63, 3.8) is 0 Å². The lowest BCUT2D eigenvalue weighted by molar-refractivity contribution is 0.289. The summed E-state index contributed by atoms with van der Waals surface area (Å²) in [4.78, 5) is 0. The maximum Gasteiger partial charge on any atom is 0.119 e. The van der Waals surface area contributed by atoms with Crippen LogP contribution in [0.5, 0.6) is 5.75 Å². The van der Waals surface area contributed by atoms with Crippen LogP contribution in [0, 0.1) is 0 Å². The molecule has 0 saturated heterocycles. The van der Waals surface area contributed by atoms with Crippen molar-refractivity contribution in [2.75, 3.05) is 13.3 Å². The van der Waals surface area contributed by atoms with Crippen LogP contribution in [0.25, 0.3) is 0 Å². The first kappa shape index (κ1) is 13.0. The molecule has 1 aromatic carbocycles. The summed E-state index contributed by atoms with van der Waals surface area (Å²) >= 11 is 0. The van der Waals surface area contributed by atoms with Gasteiger partial charge in [0, 0.05) is 19.0 Å². The Hall–Kier alpha value is -1.09. The van der Waals surface area contributed by atoms with Gasteiger partial charge in [0.25, 0.3) is 0 Å².